The van der Waals surface area contributed by atoms with Gasteiger partial charge in [-0.15, -0.1) is 0 Å². The largest absolute Gasteiger partial charge is 0.267 e. The molecule has 1 heterocycles. The van der Waals surface area contributed by atoms with Crippen molar-refractivity contribution in [3.8, 4) is 0 Å². The van der Waals surface area contributed by atoms with Gasteiger partial charge in [-0.25, -0.2) is 18.2 Å². The average molecular weight is 287 g/mol. The second-order valence-corrected chi connectivity index (χ2v) is 3.28. The third kappa shape index (κ3) is 1.70. The molecule has 0 amide bonds. The lowest BCUT2D eigenvalue weighted by molar-refractivity contribution is 0.145. The summed E-state index contributed by atoms with van der Waals surface area (Å²) in [5, 5.41) is 0. The minimum atomic E-state index is -2.78. The maximum atomic E-state index is 13.0. The molecule has 1 rings (SSSR count). The first-order chi connectivity index (χ1) is 5.54. The topological polar surface area (TPSA) is 12.9 Å². The Labute approximate surface area is 81.1 Å². The number of alkyl halides is 2. The highest BCUT2D eigenvalue weighted by molar-refractivity contribution is 14.1. The summed E-state index contributed by atoms with van der Waals surface area (Å²) in [5.74, 6) is -0.911. The van der Waals surface area contributed by atoms with Gasteiger partial charge in [-0.1, -0.05) is 0 Å². The summed E-state index contributed by atoms with van der Waals surface area (Å²) >= 11 is 1.58. The van der Waals surface area contributed by atoms with Gasteiger partial charge < -0.3 is 0 Å². The van der Waals surface area contributed by atoms with Gasteiger partial charge >= 0.3 is 0 Å². The number of pyridine rings is 1. The van der Waals surface area contributed by atoms with Crippen molar-refractivity contribution < 1.29 is 13.2 Å². The van der Waals surface area contributed by atoms with E-state index in [0.717, 1.165) is 0 Å². The molecule has 1 nitrogen and oxygen atoms in total. The smallest absolute Gasteiger partial charge is 0.247 e. The number of aryl methyl sites for hydroxylation is 1. The predicted octanol–water partition coefficient (Wildman–Crippen LogP) is 3.07. The monoisotopic (exact) mass is 287 g/mol. The van der Waals surface area contributed by atoms with Crippen LogP contribution < -0.4 is 0 Å². The zero-order valence-corrected chi connectivity index (χ0v) is 8.27. The summed E-state index contributed by atoms with van der Waals surface area (Å²) in [6.45, 7) is 1.41. The van der Waals surface area contributed by atoms with Crippen molar-refractivity contribution in [3.05, 3.63) is 26.8 Å². The Kier molecular flexibility index (Phi) is 2.92. The third-order valence-corrected chi connectivity index (χ3v) is 2.18. The minimum absolute atomic E-state index is 0.0199. The van der Waals surface area contributed by atoms with Crippen LogP contribution in [-0.2, 0) is 0 Å². The Hall–Kier alpha value is -0.330. The first-order valence-corrected chi connectivity index (χ1v) is 4.20. The molecule has 66 valence electrons. The highest BCUT2D eigenvalue weighted by Gasteiger charge is 2.18. The van der Waals surface area contributed by atoms with Crippen molar-refractivity contribution in [2.45, 2.75) is 13.3 Å². The zero-order valence-electron chi connectivity index (χ0n) is 6.11. The number of rotatable bonds is 1. The van der Waals surface area contributed by atoms with Crippen LogP contribution in [0.5, 0.6) is 0 Å². The molecule has 12 heavy (non-hydrogen) atoms. The molecule has 0 aliphatic carbocycles. The van der Waals surface area contributed by atoms with Crippen LogP contribution in [0.4, 0.5) is 13.2 Å². The van der Waals surface area contributed by atoms with Crippen LogP contribution in [0.15, 0.2) is 6.20 Å². The van der Waals surface area contributed by atoms with Gasteiger partial charge in [0.2, 0.25) is 0 Å². The van der Waals surface area contributed by atoms with E-state index in [4.69, 9.17) is 0 Å². The summed E-state index contributed by atoms with van der Waals surface area (Å²) < 4.78 is 37.3. The van der Waals surface area contributed by atoms with E-state index in [-0.39, 0.29) is 9.26 Å². The number of aromatic nitrogens is 1. The van der Waals surface area contributed by atoms with E-state index >= 15 is 0 Å². The van der Waals surface area contributed by atoms with E-state index in [1.807, 2.05) is 0 Å². The molecule has 0 aromatic carbocycles. The molecule has 1 aromatic rings. The molecule has 0 atom stereocenters. The SMILES string of the molecule is Cc1cnc(I)c(F)c1C(F)F. The Bertz CT molecular complexity index is 301. The lowest BCUT2D eigenvalue weighted by Crippen LogP contribution is -1.99. The molecule has 0 radical (unpaired) electrons. The molecular formula is C7H5F3IN. The molecule has 0 aliphatic heterocycles. The van der Waals surface area contributed by atoms with Crippen molar-refractivity contribution in [2.75, 3.05) is 0 Å². The van der Waals surface area contributed by atoms with E-state index in [1.54, 1.807) is 22.6 Å². The maximum absolute atomic E-state index is 13.0. The van der Waals surface area contributed by atoms with Gasteiger partial charge in [0, 0.05) is 6.20 Å². The van der Waals surface area contributed by atoms with Gasteiger partial charge in [-0.3, -0.25) is 0 Å². The Morgan fingerprint density at radius 2 is 2.08 bits per heavy atom. The maximum Gasteiger partial charge on any atom is 0.267 e. The molecule has 0 saturated carbocycles. The quantitative estimate of drug-likeness (QED) is 0.571. The molecular weight excluding hydrogens is 282 g/mol. The van der Waals surface area contributed by atoms with Gasteiger partial charge in [0.15, 0.2) is 5.82 Å². The summed E-state index contributed by atoms with van der Waals surface area (Å²) in [4.78, 5) is 3.60. The van der Waals surface area contributed by atoms with Crippen molar-refractivity contribution in [1.29, 1.82) is 0 Å². The molecule has 5 heteroatoms. The Morgan fingerprint density at radius 1 is 1.50 bits per heavy atom. The minimum Gasteiger partial charge on any atom is -0.247 e. The predicted molar refractivity (Wildman–Crippen MR) is 46.6 cm³/mol. The molecule has 0 spiro atoms. The number of nitrogens with zero attached hydrogens (tertiary/aromatic N) is 1. The zero-order chi connectivity index (χ0) is 9.30. The van der Waals surface area contributed by atoms with E-state index in [0.29, 0.717) is 0 Å². The van der Waals surface area contributed by atoms with Gasteiger partial charge in [-0.2, -0.15) is 0 Å². The van der Waals surface area contributed by atoms with Crippen molar-refractivity contribution in [3.63, 3.8) is 0 Å². The lowest BCUT2D eigenvalue weighted by atomic mass is 10.1. The van der Waals surface area contributed by atoms with Gasteiger partial charge in [0.05, 0.1) is 5.56 Å². The lowest BCUT2D eigenvalue weighted by Gasteiger charge is -2.05. The number of hydrogen-bond donors (Lipinski definition) is 0. The van der Waals surface area contributed by atoms with E-state index < -0.39 is 17.8 Å². The Morgan fingerprint density at radius 3 is 2.50 bits per heavy atom. The molecule has 0 bridgehead atoms. The normalized spacial score (nSPS) is 10.8. The highest BCUT2D eigenvalue weighted by atomic mass is 127. The van der Waals surface area contributed by atoms with Crippen LogP contribution in [0.1, 0.15) is 17.6 Å². The number of hydrogen-bond acceptors (Lipinski definition) is 1. The summed E-state index contributed by atoms with van der Waals surface area (Å²) in [6.07, 6.45) is -1.53. The van der Waals surface area contributed by atoms with Crippen LogP contribution in [-0.4, -0.2) is 4.98 Å². The Balaban J connectivity index is 3.33. The second-order valence-electron chi connectivity index (χ2n) is 2.26. The van der Waals surface area contributed by atoms with Crippen LogP contribution in [0, 0.1) is 16.4 Å². The summed E-state index contributed by atoms with van der Waals surface area (Å²) in [6, 6.07) is 0. The van der Waals surface area contributed by atoms with E-state index in [1.165, 1.54) is 13.1 Å². The third-order valence-electron chi connectivity index (χ3n) is 1.43. The fourth-order valence-corrected chi connectivity index (χ4v) is 1.26. The fraction of sp³-hybridized carbons (Fsp3) is 0.286. The molecule has 1 aromatic heterocycles. The van der Waals surface area contributed by atoms with Gasteiger partial charge in [0.25, 0.3) is 6.43 Å². The van der Waals surface area contributed by atoms with Crippen LogP contribution in [0.3, 0.4) is 0 Å². The van der Waals surface area contributed by atoms with Crippen LogP contribution in [0.2, 0.25) is 0 Å². The standard InChI is InChI=1S/C7H5F3IN/c1-3-2-12-7(11)5(8)4(3)6(9)10/h2,6H,1H3. The molecule has 0 unspecified atom stereocenters. The highest BCUT2D eigenvalue weighted by Crippen LogP contribution is 2.26. The van der Waals surface area contributed by atoms with Crippen molar-refractivity contribution in [2.24, 2.45) is 0 Å². The van der Waals surface area contributed by atoms with Gasteiger partial charge in [-0.05, 0) is 35.1 Å². The van der Waals surface area contributed by atoms with E-state index in [9.17, 15) is 13.2 Å². The first-order valence-electron chi connectivity index (χ1n) is 3.12. The molecule has 0 N–H and O–H groups in total. The first kappa shape index (κ1) is 9.76. The molecule has 0 saturated heterocycles. The van der Waals surface area contributed by atoms with Crippen molar-refractivity contribution >= 4 is 22.6 Å². The van der Waals surface area contributed by atoms with Crippen LogP contribution >= 0.6 is 22.6 Å². The number of halogens is 4. The van der Waals surface area contributed by atoms with Crippen LogP contribution in [0.25, 0.3) is 0 Å². The van der Waals surface area contributed by atoms with Gasteiger partial charge in [0.1, 0.15) is 3.70 Å². The summed E-state index contributed by atoms with van der Waals surface area (Å²) in [5.41, 5.74) is -0.364. The second kappa shape index (κ2) is 3.59. The van der Waals surface area contributed by atoms with Crippen molar-refractivity contribution in [1.82, 2.24) is 4.98 Å². The van der Waals surface area contributed by atoms with E-state index in [2.05, 4.69) is 4.98 Å². The molecule has 0 aliphatic rings. The summed E-state index contributed by atoms with van der Waals surface area (Å²) in [7, 11) is 0. The molecule has 0 fully saturated rings. The fourth-order valence-electron chi connectivity index (χ4n) is 0.832. The average Bonchev–Trinajstić information content (AvgIpc) is 1.97.